The van der Waals surface area contributed by atoms with Crippen LogP contribution in [0.3, 0.4) is 0 Å². The van der Waals surface area contributed by atoms with Gasteiger partial charge in [0.15, 0.2) is 0 Å². The molecule has 0 amide bonds. The Morgan fingerprint density at radius 2 is 1.95 bits per heavy atom. The first-order chi connectivity index (χ1) is 10.1. The van der Waals surface area contributed by atoms with Crippen molar-refractivity contribution in [1.82, 2.24) is 5.32 Å². The average Bonchev–Trinajstić information content (AvgIpc) is 2.47. The first-order valence-corrected chi connectivity index (χ1v) is 7.83. The number of rotatable bonds is 6. The lowest BCUT2D eigenvalue weighted by Gasteiger charge is -2.16. The highest BCUT2D eigenvalue weighted by Gasteiger charge is 2.09. The Kier molecular flexibility index (Phi) is 5.79. The number of aliphatic hydroxyl groups excluding tert-OH is 1. The predicted molar refractivity (Wildman–Crippen MR) is 88.7 cm³/mol. The van der Waals surface area contributed by atoms with E-state index in [-0.39, 0.29) is 12.6 Å². The molecule has 112 valence electrons. The molecule has 3 nitrogen and oxygen atoms in total. The number of hydrogen-bond acceptors (Lipinski definition) is 3. The van der Waals surface area contributed by atoms with Crippen LogP contribution in [0.2, 0.25) is 0 Å². The Balaban J connectivity index is 2.16. The molecule has 2 aromatic rings. The smallest absolute Gasteiger partial charge is 0.128 e. The predicted octanol–water partition coefficient (Wildman–Crippen LogP) is 4.40. The molecule has 1 atom stereocenters. The number of benzene rings is 2. The van der Waals surface area contributed by atoms with Crippen molar-refractivity contribution in [3.05, 3.63) is 58.1 Å². The van der Waals surface area contributed by atoms with E-state index in [1.165, 1.54) is 5.56 Å². The SMILES string of the molecule is CCNC(C)c1ccc(Oc2cccc(CO)c2)cc1Br. The summed E-state index contributed by atoms with van der Waals surface area (Å²) in [4.78, 5) is 0. The lowest BCUT2D eigenvalue weighted by atomic mass is 10.1. The van der Waals surface area contributed by atoms with E-state index in [0.29, 0.717) is 0 Å². The summed E-state index contributed by atoms with van der Waals surface area (Å²) >= 11 is 3.60. The van der Waals surface area contributed by atoms with Crippen LogP contribution in [-0.4, -0.2) is 11.7 Å². The Labute approximate surface area is 134 Å². The molecule has 21 heavy (non-hydrogen) atoms. The molecule has 0 saturated heterocycles. The molecule has 1 unspecified atom stereocenters. The van der Waals surface area contributed by atoms with E-state index in [0.717, 1.165) is 28.1 Å². The van der Waals surface area contributed by atoms with Crippen molar-refractivity contribution in [3.8, 4) is 11.5 Å². The number of nitrogens with one attached hydrogen (secondary N) is 1. The Morgan fingerprint density at radius 3 is 2.62 bits per heavy atom. The molecule has 2 rings (SSSR count). The molecular formula is C17H20BrNO2. The first-order valence-electron chi connectivity index (χ1n) is 7.04. The molecule has 0 aliphatic carbocycles. The third-order valence-corrected chi connectivity index (χ3v) is 3.95. The number of hydrogen-bond donors (Lipinski definition) is 2. The van der Waals surface area contributed by atoms with Gasteiger partial charge < -0.3 is 15.2 Å². The zero-order valence-electron chi connectivity index (χ0n) is 12.3. The molecule has 4 heteroatoms. The second-order valence-electron chi connectivity index (χ2n) is 4.87. The summed E-state index contributed by atoms with van der Waals surface area (Å²) in [5, 5.41) is 12.5. The minimum Gasteiger partial charge on any atom is -0.457 e. The van der Waals surface area contributed by atoms with Crippen LogP contribution in [-0.2, 0) is 6.61 Å². The van der Waals surface area contributed by atoms with Gasteiger partial charge in [-0.25, -0.2) is 0 Å². The molecule has 0 saturated carbocycles. The van der Waals surface area contributed by atoms with Crippen molar-refractivity contribution in [2.75, 3.05) is 6.54 Å². The maximum Gasteiger partial charge on any atom is 0.128 e. The molecule has 0 aromatic heterocycles. The fourth-order valence-electron chi connectivity index (χ4n) is 2.18. The highest BCUT2D eigenvalue weighted by atomic mass is 79.9. The second-order valence-corrected chi connectivity index (χ2v) is 5.72. The molecule has 0 radical (unpaired) electrons. The van der Waals surface area contributed by atoms with Crippen molar-refractivity contribution in [2.45, 2.75) is 26.5 Å². The van der Waals surface area contributed by atoms with E-state index in [1.54, 1.807) is 0 Å². The molecule has 0 fully saturated rings. The monoisotopic (exact) mass is 349 g/mol. The third kappa shape index (κ3) is 4.30. The number of halogens is 1. The fourth-order valence-corrected chi connectivity index (χ4v) is 2.88. The molecule has 2 N–H and O–H groups in total. The van der Waals surface area contributed by atoms with Gasteiger partial charge in [-0.3, -0.25) is 0 Å². The van der Waals surface area contributed by atoms with E-state index >= 15 is 0 Å². The number of aliphatic hydroxyl groups is 1. The lowest BCUT2D eigenvalue weighted by molar-refractivity contribution is 0.281. The van der Waals surface area contributed by atoms with Crippen LogP contribution < -0.4 is 10.1 Å². The van der Waals surface area contributed by atoms with Gasteiger partial charge in [0.05, 0.1) is 6.61 Å². The van der Waals surface area contributed by atoms with Crippen LogP contribution in [0.15, 0.2) is 46.9 Å². The summed E-state index contributed by atoms with van der Waals surface area (Å²) < 4.78 is 6.86. The second kappa shape index (κ2) is 7.59. The van der Waals surface area contributed by atoms with Gasteiger partial charge in [0.2, 0.25) is 0 Å². The van der Waals surface area contributed by atoms with E-state index in [2.05, 4.69) is 41.2 Å². The highest BCUT2D eigenvalue weighted by molar-refractivity contribution is 9.10. The van der Waals surface area contributed by atoms with E-state index in [1.807, 2.05) is 36.4 Å². The molecule has 0 bridgehead atoms. The standard InChI is InChI=1S/C17H20BrNO2/c1-3-19-12(2)16-8-7-15(10-17(16)18)21-14-6-4-5-13(9-14)11-20/h4-10,12,19-20H,3,11H2,1-2H3. The van der Waals surface area contributed by atoms with E-state index in [4.69, 9.17) is 9.84 Å². The Morgan fingerprint density at radius 1 is 1.19 bits per heavy atom. The fraction of sp³-hybridized carbons (Fsp3) is 0.294. The molecular weight excluding hydrogens is 330 g/mol. The molecule has 0 aliphatic heterocycles. The topological polar surface area (TPSA) is 41.5 Å². The summed E-state index contributed by atoms with van der Waals surface area (Å²) in [7, 11) is 0. The van der Waals surface area contributed by atoms with Gasteiger partial charge in [-0.2, -0.15) is 0 Å². The van der Waals surface area contributed by atoms with Crippen LogP contribution in [0.1, 0.15) is 31.0 Å². The molecule has 0 aliphatic rings. The molecule has 0 spiro atoms. The average molecular weight is 350 g/mol. The zero-order valence-corrected chi connectivity index (χ0v) is 13.9. The summed E-state index contributed by atoms with van der Waals surface area (Å²) in [6, 6.07) is 13.7. The van der Waals surface area contributed by atoms with Crippen molar-refractivity contribution in [1.29, 1.82) is 0 Å². The van der Waals surface area contributed by atoms with Gasteiger partial charge in [-0.05, 0) is 48.9 Å². The highest BCUT2D eigenvalue weighted by Crippen LogP contribution is 2.30. The minimum absolute atomic E-state index is 0.0139. The van der Waals surface area contributed by atoms with Crippen molar-refractivity contribution >= 4 is 15.9 Å². The van der Waals surface area contributed by atoms with Crippen LogP contribution in [0.25, 0.3) is 0 Å². The molecule has 2 aromatic carbocycles. The summed E-state index contributed by atoms with van der Waals surface area (Å²) in [6.07, 6.45) is 0. The van der Waals surface area contributed by atoms with Crippen LogP contribution >= 0.6 is 15.9 Å². The first kappa shape index (κ1) is 16.0. The van der Waals surface area contributed by atoms with Gasteiger partial charge in [0.25, 0.3) is 0 Å². The van der Waals surface area contributed by atoms with E-state index < -0.39 is 0 Å². The maximum atomic E-state index is 9.15. The third-order valence-electron chi connectivity index (χ3n) is 3.27. The Bertz CT molecular complexity index is 601. The van der Waals surface area contributed by atoms with Gasteiger partial charge >= 0.3 is 0 Å². The van der Waals surface area contributed by atoms with Gasteiger partial charge in [-0.1, -0.05) is 41.1 Å². The van der Waals surface area contributed by atoms with Crippen LogP contribution in [0.5, 0.6) is 11.5 Å². The lowest BCUT2D eigenvalue weighted by Crippen LogP contribution is -2.17. The number of ether oxygens (including phenoxy) is 1. The van der Waals surface area contributed by atoms with Gasteiger partial charge in [0, 0.05) is 10.5 Å². The van der Waals surface area contributed by atoms with Crippen molar-refractivity contribution in [2.24, 2.45) is 0 Å². The van der Waals surface area contributed by atoms with Crippen molar-refractivity contribution in [3.63, 3.8) is 0 Å². The normalized spacial score (nSPS) is 12.2. The summed E-state index contributed by atoms with van der Waals surface area (Å²) in [5.74, 6) is 1.49. The molecule has 0 heterocycles. The van der Waals surface area contributed by atoms with Gasteiger partial charge in [-0.15, -0.1) is 0 Å². The quantitative estimate of drug-likeness (QED) is 0.811. The van der Waals surface area contributed by atoms with Gasteiger partial charge in [0.1, 0.15) is 11.5 Å². The summed E-state index contributed by atoms with van der Waals surface area (Å²) in [6.45, 7) is 5.17. The van der Waals surface area contributed by atoms with E-state index in [9.17, 15) is 0 Å². The maximum absolute atomic E-state index is 9.15. The Hall–Kier alpha value is -1.36. The zero-order chi connectivity index (χ0) is 15.2. The van der Waals surface area contributed by atoms with Crippen LogP contribution in [0, 0.1) is 0 Å². The van der Waals surface area contributed by atoms with Crippen molar-refractivity contribution < 1.29 is 9.84 Å². The largest absolute Gasteiger partial charge is 0.457 e. The van der Waals surface area contributed by atoms with Crippen LogP contribution in [0.4, 0.5) is 0 Å². The summed E-state index contributed by atoms with van der Waals surface area (Å²) in [5.41, 5.74) is 2.04. The minimum atomic E-state index is 0.0139.